The number of ether oxygens (including phenoxy) is 2. The van der Waals surface area contributed by atoms with Crippen molar-refractivity contribution in [1.29, 1.82) is 0 Å². The molecular weight excluding hydrogens is 416 g/mol. The molecule has 0 unspecified atom stereocenters. The van der Waals surface area contributed by atoms with Crippen LogP contribution in [-0.2, 0) is 6.54 Å². The van der Waals surface area contributed by atoms with Crippen molar-refractivity contribution in [2.45, 2.75) is 25.9 Å². The van der Waals surface area contributed by atoms with E-state index in [1.807, 2.05) is 41.1 Å². The lowest BCUT2D eigenvalue weighted by Gasteiger charge is -2.39. The van der Waals surface area contributed by atoms with Gasteiger partial charge in [0.25, 0.3) is 0 Å². The minimum absolute atomic E-state index is 0.172. The highest BCUT2D eigenvalue weighted by Crippen LogP contribution is 2.33. The first-order valence-corrected chi connectivity index (χ1v) is 11.0. The van der Waals surface area contributed by atoms with Crippen LogP contribution >= 0.6 is 11.6 Å². The summed E-state index contributed by atoms with van der Waals surface area (Å²) in [6.45, 7) is 6.84. The summed E-state index contributed by atoms with van der Waals surface area (Å²) in [5, 5.41) is 13.4. The molecule has 0 amide bonds. The van der Waals surface area contributed by atoms with Gasteiger partial charge in [-0.25, -0.2) is 4.68 Å². The Morgan fingerprint density at radius 2 is 1.87 bits per heavy atom. The average Bonchev–Trinajstić information content (AvgIpc) is 3.44. The quantitative estimate of drug-likeness (QED) is 0.582. The Balaban J connectivity index is 1.28. The number of fused-ring (bicyclic) bond motifs is 1. The first-order valence-electron chi connectivity index (χ1n) is 10.6. The van der Waals surface area contributed by atoms with E-state index in [-0.39, 0.29) is 12.8 Å². The summed E-state index contributed by atoms with van der Waals surface area (Å²) in [5.74, 6) is 2.46. The van der Waals surface area contributed by atoms with E-state index < -0.39 is 0 Å². The van der Waals surface area contributed by atoms with Crippen LogP contribution in [0.25, 0.3) is 0 Å². The Bertz CT molecular complexity index is 1050. The Morgan fingerprint density at radius 3 is 2.68 bits per heavy atom. The molecule has 3 heterocycles. The van der Waals surface area contributed by atoms with E-state index in [2.05, 4.69) is 38.3 Å². The highest BCUT2D eigenvalue weighted by molar-refractivity contribution is 6.30. The van der Waals surface area contributed by atoms with Gasteiger partial charge in [-0.3, -0.25) is 4.90 Å². The number of piperazine rings is 1. The van der Waals surface area contributed by atoms with Crippen molar-refractivity contribution < 1.29 is 9.47 Å². The van der Waals surface area contributed by atoms with Crippen molar-refractivity contribution >= 4 is 17.3 Å². The van der Waals surface area contributed by atoms with Crippen molar-refractivity contribution in [1.82, 2.24) is 25.1 Å². The molecule has 0 N–H and O–H groups in total. The summed E-state index contributed by atoms with van der Waals surface area (Å²) < 4.78 is 12.8. The Kier molecular flexibility index (Phi) is 5.65. The van der Waals surface area contributed by atoms with Crippen LogP contribution in [0.4, 0.5) is 5.69 Å². The number of aromatic nitrogens is 4. The fraction of sp³-hybridized carbons (Fsp3) is 0.409. The zero-order chi connectivity index (χ0) is 21.2. The number of hydrogen-bond donors (Lipinski definition) is 0. The van der Waals surface area contributed by atoms with Crippen molar-refractivity contribution in [2.24, 2.45) is 0 Å². The molecule has 0 aliphatic carbocycles. The minimum atomic E-state index is 0.172. The van der Waals surface area contributed by atoms with Crippen LogP contribution in [0.1, 0.15) is 30.8 Å². The van der Waals surface area contributed by atoms with Crippen LogP contribution in [0.5, 0.6) is 11.5 Å². The number of nitrogens with zero attached hydrogens (tertiary/aromatic N) is 6. The molecule has 31 heavy (non-hydrogen) atoms. The third-order valence-electron chi connectivity index (χ3n) is 5.94. The zero-order valence-corrected chi connectivity index (χ0v) is 18.2. The lowest BCUT2D eigenvalue weighted by atomic mass is 10.1. The van der Waals surface area contributed by atoms with E-state index in [4.69, 9.17) is 21.1 Å². The number of anilines is 1. The van der Waals surface area contributed by atoms with Crippen LogP contribution in [0.3, 0.4) is 0 Å². The molecule has 2 aromatic carbocycles. The van der Waals surface area contributed by atoms with Gasteiger partial charge in [0.1, 0.15) is 0 Å². The van der Waals surface area contributed by atoms with E-state index in [0.29, 0.717) is 6.54 Å². The smallest absolute Gasteiger partial charge is 0.231 e. The van der Waals surface area contributed by atoms with Gasteiger partial charge in [-0.2, -0.15) is 0 Å². The standard InChI is InChI=1S/C22H25ClN6O2/c1-2-19(28-10-8-27(9-11-28)18-5-3-4-17(23)13-18)22-24-25-26-29(22)14-16-6-7-20-21(12-16)31-15-30-20/h3-7,12-13,19H,2,8-11,14-15H2,1H3/t19-/m0/s1. The molecule has 0 radical (unpaired) electrons. The van der Waals surface area contributed by atoms with Crippen LogP contribution < -0.4 is 14.4 Å². The molecule has 9 heteroatoms. The molecule has 1 aromatic heterocycles. The molecule has 2 aliphatic rings. The van der Waals surface area contributed by atoms with Gasteiger partial charge in [-0.15, -0.1) is 5.10 Å². The fourth-order valence-electron chi connectivity index (χ4n) is 4.34. The Hall–Kier alpha value is -2.84. The van der Waals surface area contributed by atoms with Crippen molar-refractivity contribution in [3.05, 3.63) is 58.9 Å². The molecule has 162 valence electrons. The largest absolute Gasteiger partial charge is 0.454 e. The summed E-state index contributed by atoms with van der Waals surface area (Å²) in [6, 6.07) is 14.2. The monoisotopic (exact) mass is 440 g/mol. The molecule has 5 rings (SSSR count). The SMILES string of the molecule is CC[C@@H](c1nnnn1Cc1ccc2c(c1)OCO2)N1CCN(c2cccc(Cl)c2)CC1. The van der Waals surface area contributed by atoms with E-state index in [1.54, 1.807) is 0 Å². The Morgan fingerprint density at radius 1 is 1.03 bits per heavy atom. The van der Waals surface area contributed by atoms with Crippen LogP contribution in [0.15, 0.2) is 42.5 Å². The molecule has 0 saturated carbocycles. The van der Waals surface area contributed by atoms with Crippen molar-refractivity contribution in [2.75, 3.05) is 37.9 Å². The highest BCUT2D eigenvalue weighted by Gasteiger charge is 2.28. The van der Waals surface area contributed by atoms with E-state index in [9.17, 15) is 0 Å². The van der Waals surface area contributed by atoms with Gasteiger partial charge in [-0.1, -0.05) is 30.7 Å². The van der Waals surface area contributed by atoms with Crippen molar-refractivity contribution in [3.8, 4) is 11.5 Å². The summed E-state index contributed by atoms with van der Waals surface area (Å²) in [6.07, 6.45) is 0.943. The van der Waals surface area contributed by atoms with E-state index in [1.165, 1.54) is 5.69 Å². The second-order valence-electron chi connectivity index (χ2n) is 7.81. The summed E-state index contributed by atoms with van der Waals surface area (Å²) in [7, 11) is 0. The molecule has 1 fully saturated rings. The third kappa shape index (κ3) is 4.18. The third-order valence-corrected chi connectivity index (χ3v) is 6.18. The Labute approximate surface area is 186 Å². The second kappa shape index (κ2) is 8.72. The molecule has 2 aliphatic heterocycles. The van der Waals surface area contributed by atoms with Gasteiger partial charge < -0.3 is 14.4 Å². The fourth-order valence-corrected chi connectivity index (χ4v) is 4.53. The predicted molar refractivity (Wildman–Crippen MR) is 118 cm³/mol. The number of halogens is 1. The lowest BCUT2D eigenvalue weighted by molar-refractivity contribution is 0.169. The zero-order valence-electron chi connectivity index (χ0n) is 17.4. The highest BCUT2D eigenvalue weighted by atomic mass is 35.5. The minimum Gasteiger partial charge on any atom is -0.454 e. The van der Waals surface area contributed by atoms with E-state index >= 15 is 0 Å². The van der Waals surface area contributed by atoms with Gasteiger partial charge in [0.2, 0.25) is 6.79 Å². The molecular formula is C22H25ClN6O2. The number of benzene rings is 2. The summed E-state index contributed by atoms with van der Waals surface area (Å²) in [5.41, 5.74) is 2.26. The van der Waals surface area contributed by atoms with Crippen LogP contribution in [-0.4, -0.2) is 58.1 Å². The number of hydrogen-bond acceptors (Lipinski definition) is 7. The molecule has 0 spiro atoms. The topological polar surface area (TPSA) is 68.5 Å². The summed E-state index contributed by atoms with van der Waals surface area (Å²) >= 11 is 6.17. The maximum Gasteiger partial charge on any atom is 0.231 e. The molecule has 8 nitrogen and oxygen atoms in total. The van der Waals surface area contributed by atoms with Gasteiger partial charge in [0.15, 0.2) is 17.3 Å². The molecule has 1 atom stereocenters. The number of rotatable bonds is 6. The average molecular weight is 441 g/mol. The first-order chi connectivity index (χ1) is 15.2. The maximum atomic E-state index is 6.17. The molecule has 1 saturated heterocycles. The molecule has 3 aromatic rings. The normalized spacial score (nSPS) is 17.2. The van der Waals surface area contributed by atoms with Gasteiger partial charge in [0, 0.05) is 36.9 Å². The lowest BCUT2D eigenvalue weighted by Crippen LogP contribution is -2.48. The van der Waals surface area contributed by atoms with E-state index in [0.717, 1.165) is 60.5 Å². The summed E-state index contributed by atoms with van der Waals surface area (Å²) in [4.78, 5) is 4.85. The first kappa shape index (κ1) is 20.1. The van der Waals surface area contributed by atoms with Gasteiger partial charge in [-0.05, 0) is 52.7 Å². The van der Waals surface area contributed by atoms with Crippen LogP contribution in [0.2, 0.25) is 5.02 Å². The van der Waals surface area contributed by atoms with Gasteiger partial charge in [0.05, 0.1) is 12.6 Å². The number of tetrazole rings is 1. The maximum absolute atomic E-state index is 6.17. The second-order valence-corrected chi connectivity index (χ2v) is 8.25. The van der Waals surface area contributed by atoms with Crippen molar-refractivity contribution in [3.63, 3.8) is 0 Å². The molecule has 0 bridgehead atoms. The predicted octanol–water partition coefficient (Wildman–Crippen LogP) is 3.38. The van der Waals surface area contributed by atoms with Gasteiger partial charge >= 0.3 is 0 Å². The van der Waals surface area contributed by atoms with Crippen LogP contribution in [0, 0.1) is 0 Å².